The van der Waals surface area contributed by atoms with Crippen LogP contribution in [0.15, 0.2) is 60.8 Å². The number of amides is 1. The number of nitrogen functional groups attached to an aromatic ring is 1. The van der Waals surface area contributed by atoms with E-state index in [2.05, 4.69) is 16.0 Å². The third kappa shape index (κ3) is 5.34. The number of hydrogen-bond acceptors (Lipinski definition) is 6. The van der Waals surface area contributed by atoms with E-state index in [1.807, 2.05) is 47.4 Å². The van der Waals surface area contributed by atoms with Crippen molar-refractivity contribution in [3.8, 4) is 22.9 Å². The molecular weight excluding hydrogens is 450 g/mol. The van der Waals surface area contributed by atoms with Gasteiger partial charge in [0.05, 0.1) is 11.6 Å². The highest BCUT2D eigenvalue weighted by atomic mass is 16.5. The summed E-state index contributed by atoms with van der Waals surface area (Å²) in [6.45, 7) is 4.39. The number of nitrogens with zero attached hydrogens (tertiary/aromatic N) is 4. The molecule has 5 rings (SSSR count). The summed E-state index contributed by atoms with van der Waals surface area (Å²) in [7, 11) is 0. The van der Waals surface area contributed by atoms with E-state index in [-0.39, 0.29) is 5.91 Å². The molecule has 36 heavy (non-hydrogen) atoms. The maximum Gasteiger partial charge on any atom is 0.253 e. The minimum Gasteiger partial charge on any atom is -0.485 e. The number of pyridine rings is 1. The monoisotopic (exact) mass is 481 g/mol. The van der Waals surface area contributed by atoms with Crippen LogP contribution < -0.4 is 10.5 Å². The van der Waals surface area contributed by atoms with Crippen molar-refractivity contribution in [3.63, 3.8) is 0 Å². The van der Waals surface area contributed by atoms with E-state index in [0.717, 1.165) is 42.6 Å². The molecule has 2 saturated heterocycles. The van der Waals surface area contributed by atoms with Crippen molar-refractivity contribution in [3.05, 3.63) is 77.5 Å². The molecule has 7 nitrogen and oxygen atoms in total. The minimum atomic E-state index is 0.100. The number of rotatable bonds is 6. The van der Waals surface area contributed by atoms with Crippen LogP contribution in [0.5, 0.6) is 5.75 Å². The van der Waals surface area contributed by atoms with Crippen molar-refractivity contribution in [2.75, 3.05) is 31.9 Å². The van der Waals surface area contributed by atoms with E-state index in [1.54, 1.807) is 18.3 Å². The van der Waals surface area contributed by atoms with Gasteiger partial charge in [-0.15, -0.1) is 0 Å². The van der Waals surface area contributed by atoms with Crippen molar-refractivity contribution in [2.45, 2.75) is 38.3 Å². The Morgan fingerprint density at radius 1 is 1.00 bits per heavy atom. The van der Waals surface area contributed by atoms with E-state index >= 15 is 0 Å². The molecule has 0 bridgehead atoms. The molecular formula is C29H31N5O2. The van der Waals surface area contributed by atoms with Gasteiger partial charge in [-0.2, -0.15) is 5.26 Å². The molecule has 2 N–H and O–H groups in total. The van der Waals surface area contributed by atoms with Crippen molar-refractivity contribution in [1.29, 1.82) is 5.26 Å². The zero-order chi connectivity index (χ0) is 24.9. The highest BCUT2D eigenvalue weighted by Gasteiger charge is 2.28. The van der Waals surface area contributed by atoms with Gasteiger partial charge in [0.1, 0.15) is 6.61 Å². The lowest BCUT2D eigenvalue weighted by Gasteiger charge is -2.36. The number of carbonyl (C=O) groups excluding carboxylic acids is 1. The fourth-order valence-electron chi connectivity index (χ4n) is 5.09. The maximum absolute atomic E-state index is 13.1. The van der Waals surface area contributed by atoms with Crippen LogP contribution in [-0.4, -0.2) is 52.9 Å². The second kappa shape index (κ2) is 10.8. The predicted octanol–water partition coefficient (Wildman–Crippen LogP) is 4.48. The van der Waals surface area contributed by atoms with E-state index < -0.39 is 0 Å². The first-order valence-corrected chi connectivity index (χ1v) is 12.6. The molecule has 7 heteroatoms. The first kappa shape index (κ1) is 23.8. The van der Waals surface area contributed by atoms with Gasteiger partial charge in [-0.25, -0.2) is 4.98 Å². The lowest BCUT2D eigenvalue weighted by Crippen LogP contribution is -2.45. The van der Waals surface area contributed by atoms with Gasteiger partial charge < -0.3 is 20.3 Å². The molecule has 3 aromatic rings. The molecule has 0 spiro atoms. The lowest BCUT2D eigenvalue weighted by molar-refractivity contribution is 0.0644. The van der Waals surface area contributed by atoms with Crippen LogP contribution in [0.25, 0.3) is 11.1 Å². The van der Waals surface area contributed by atoms with Crippen molar-refractivity contribution in [1.82, 2.24) is 14.8 Å². The predicted molar refractivity (Wildman–Crippen MR) is 139 cm³/mol. The Morgan fingerprint density at radius 2 is 1.69 bits per heavy atom. The first-order valence-electron chi connectivity index (χ1n) is 12.6. The molecule has 2 aliphatic rings. The fraction of sp³-hybridized carbons (Fsp3) is 0.345. The third-order valence-electron chi connectivity index (χ3n) is 7.23. The highest BCUT2D eigenvalue weighted by molar-refractivity contribution is 5.94. The van der Waals surface area contributed by atoms with Gasteiger partial charge in [-0.05, 0) is 80.2 Å². The Labute approximate surface area is 212 Å². The summed E-state index contributed by atoms with van der Waals surface area (Å²) in [6.07, 6.45) is 6.45. The van der Waals surface area contributed by atoms with Crippen LogP contribution in [0.4, 0.5) is 5.82 Å². The van der Waals surface area contributed by atoms with E-state index in [9.17, 15) is 4.79 Å². The molecule has 0 radical (unpaired) electrons. The second-order valence-electron chi connectivity index (χ2n) is 9.55. The molecule has 1 amide bonds. The largest absolute Gasteiger partial charge is 0.485 e. The van der Waals surface area contributed by atoms with Crippen LogP contribution in [-0.2, 0) is 6.61 Å². The van der Waals surface area contributed by atoms with Gasteiger partial charge in [-0.3, -0.25) is 4.79 Å². The highest BCUT2D eigenvalue weighted by Crippen LogP contribution is 2.28. The summed E-state index contributed by atoms with van der Waals surface area (Å²) in [4.78, 5) is 22.0. The Morgan fingerprint density at radius 3 is 2.36 bits per heavy atom. The average Bonchev–Trinajstić information content (AvgIpc) is 3.48. The molecule has 0 saturated carbocycles. The third-order valence-corrected chi connectivity index (χ3v) is 7.23. The van der Waals surface area contributed by atoms with Crippen molar-refractivity contribution in [2.24, 2.45) is 0 Å². The van der Waals surface area contributed by atoms with Crippen LogP contribution >= 0.6 is 0 Å². The fourth-order valence-corrected chi connectivity index (χ4v) is 5.09. The summed E-state index contributed by atoms with van der Waals surface area (Å²) >= 11 is 0. The molecule has 2 aromatic carbocycles. The summed E-state index contributed by atoms with van der Waals surface area (Å²) in [6, 6.07) is 19.5. The first-order chi connectivity index (χ1) is 17.6. The molecule has 0 unspecified atom stereocenters. The van der Waals surface area contributed by atoms with Gasteiger partial charge in [0, 0.05) is 36.5 Å². The van der Waals surface area contributed by atoms with E-state index in [4.69, 9.17) is 15.7 Å². The average molecular weight is 482 g/mol. The number of carbonyl (C=O) groups is 1. The Kier molecular flexibility index (Phi) is 7.15. The Bertz CT molecular complexity index is 1240. The van der Waals surface area contributed by atoms with E-state index in [1.165, 1.54) is 25.9 Å². The number of aromatic nitrogens is 1. The number of nitriles is 1. The van der Waals surface area contributed by atoms with Gasteiger partial charge in [-0.1, -0.05) is 24.3 Å². The quantitative estimate of drug-likeness (QED) is 0.558. The maximum atomic E-state index is 13.1. The molecule has 0 atom stereocenters. The summed E-state index contributed by atoms with van der Waals surface area (Å²) in [5.74, 6) is 0.915. The number of benzene rings is 2. The Balaban J connectivity index is 1.21. The SMILES string of the molecule is N#Cc1ccc(COc2cc(-c3ccc(C(=O)N4CCC(N5CCCC5)CC4)cc3)cnc2N)cc1. The minimum absolute atomic E-state index is 0.100. The number of anilines is 1. The topological polar surface area (TPSA) is 95.5 Å². The smallest absolute Gasteiger partial charge is 0.253 e. The molecule has 0 aliphatic carbocycles. The number of nitrogens with two attached hydrogens (primary N) is 1. The number of hydrogen-bond donors (Lipinski definition) is 1. The number of ether oxygens (including phenoxy) is 1. The van der Waals surface area contributed by atoms with Crippen LogP contribution in [0, 0.1) is 11.3 Å². The van der Waals surface area contributed by atoms with Crippen LogP contribution in [0.2, 0.25) is 0 Å². The zero-order valence-corrected chi connectivity index (χ0v) is 20.4. The normalized spacial score (nSPS) is 16.6. The Hall–Kier alpha value is -3.89. The van der Waals surface area contributed by atoms with Crippen LogP contribution in [0.1, 0.15) is 47.2 Å². The van der Waals surface area contributed by atoms with Gasteiger partial charge in [0.15, 0.2) is 11.6 Å². The molecule has 3 heterocycles. The lowest BCUT2D eigenvalue weighted by atomic mass is 10.0. The molecule has 1 aromatic heterocycles. The van der Waals surface area contributed by atoms with Gasteiger partial charge >= 0.3 is 0 Å². The summed E-state index contributed by atoms with van der Waals surface area (Å²) < 4.78 is 5.91. The van der Waals surface area contributed by atoms with Gasteiger partial charge in [0.25, 0.3) is 5.91 Å². The van der Waals surface area contributed by atoms with Crippen molar-refractivity contribution < 1.29 is 9.53 Å². The zero-order valence-electron chi connectivity index (χ0n) is 20.4. The van der Waals surface area contributed by atoms with Crippen molar-refractivity contribution >= 4 is 11.7 Å². The van der Waals surface area contributed by atoms with E-state index in [0.29, 0.717) is 35.3 Å². The second-order valence-corrected chi connectivity index (χ2v) is 9.55. The molecule has 184 valence electrons. The summed E-state index contributed by atoms with van der Waals surface area (Å²) in [5, 5.41) is 8.94. The number of likely N-dealkylation sites (tertiary alicyclic amines) is 2. The summed E-state index contributed by atoms with van der Waals surface area (Å²) in [5.41, 5.74) is 10.1. The number of piperidine rings is 1. The molecule has 2 aliphatic heterocycles. The van der Waals surface area contributed by atoms with Crippen LogP contribution in [0.3, 0.4) is 0 Å². The standard InChI is InChI=1S/C29H31N5O2/c30-18-21-3-5-22(6-4-21)20-36-27-17-25(19-32-28(27)31)23-7-9-24(10-8-23)29(35)34-15-11-26(12-16-34)33-13-1-2-14-33/h3-10,17,19,26H,1-2,11-16,20H2,(H2,31,32). The molecule has 2 fully saturated rings. The van der Waals surface area contributed by atoms with Gasteiger partial charge in [0.2, 0.25) is 0 Å².